The smallest absolute Gasteiger partial charge is 0.137 e. The van der Waals surface area contributed by atoms with Crippen molar-refractivity contribution in [1.29, 1.82) is 0 Å². The zero-order valence-electron chi connectivity index (χ0n) is 8.10. The molecule has 0 bridgehead atoms. The maximum atomic E-state index is 5.55. The monoisotopic (exact) mass is 191 g/mol. The fraction of sp³-hybridized carbons (Fsp3) is 0.300. The fourth-order valence-corrected chi connectivity index (χ4v) is 1.43. The largest absolute Gasteiger partial charge is 0.378 e. The van der Waals surface area contributed by atoms with E-state index in [1.54, 1.807) is 7.11 Å². The standard InChI is InChI=1S/C10H13N3O/c1-14-7-9-6-13-5-8(4-11)2-3-10(13)12-9/h2-3,5-6H,4,7,11H2,1H3. The second-order valence-corrected chi connectivity index (χ2v) is 3.17. The van der Waals surface area contributed by atoms with Crippen LogP contribution in [-0.4, -0.2) is 16.5 Å². The van der Waals surface area contributed by atoms with Gasteiger partial charge in [0.05, 0.1) is 12.3 Å². The van der Waals surface area contributed by atoms with Gasteiger partial charge in [0.1, 0.15) is 5.65 Å². The molecule has 2 N–H and O–H groups in total. The van der Waals surface area contributed by atoms with Gasteiger partial charge in [0.15, 0.2) is 0 Å². The van der Waals surface area contributed by atoms with Crippen LogP contribution in [0.1, 0.15) is 11.3 Å². The Hall–Kier alpha value is -1.39. The Kier molecular flexibility index (Phi) is 2.47. The molecule has 4 nitrogen and oxygen atoms in total. The number of imidazole rings is 1. The summed E-state index contributed by atoms with van der Waals surface area (Å²) in [5.74, 6) is 0. The van der Waals surface area contributed by atoms with Crippen LogP contribution in [-0.2, 0) is 17.9 Å². The van der Waals surface area contributed by atoms with E-state index in [1.165, 1.54) is 0 Å². The summed E-state index contributed by atoms with van der Waals surface area (Å²) < 4.78 is 6.98. The molecule has 0 spiro atoms. The summed E-state index contributed by atoms with van der Waals surface area (Å²) in [6.07, 6.45) is 3.94. The number of pyridine rings is 1. The second kappa shape index (κ2) is 3.77. The van der Waals surface area contributed by atoms with Crippen LogP contribution >= 0.6 is 0 Å². The molecule has 0 atom stereocenters. The molecule has 2 aromatic heterocycles. The molecule has 0 aliphatic rings. The van der Waals surface area contributed by atoms with Gasteiger partial charge in [-0.3, -0.25) is 0 Å². The first kappa shape index (κ1) is 9.18. The molecule has 0 saturated heterocycles. The zero-order valence-corrected chi connectivity index (χ0v) is 8.10. The number of hydrogen-bond donors (Lipinski definition) is 1. The van der Waals surface area contributed by atoms with Gasteiger partial charge in [0.2, 0.25) is 0 Å². The molecule has 14 heavy (non-hydrogen) atoms. The predicted molar refractivity (Wildman–Crippen MR) is 53.8 cm³/mol. The molecule has 2 heterocycles. The summed E-state index contributed by atoms with van der Waals surface area (Å²) >= 11 is 0. The summed E-state index contributed by atoms with van der Waals surface area (Å²) in [4.78, 5) is 4.38. The van der Waals surface area contributed by atoms with E-state index in [2.05, 4.69) is 4.98 Å². The molecule has 0 fully saturated rings. The molecule has 0 amide bonds. The van der Waals surface area contributed by atoms with Gasteiger partial charge in [-0.15, -0.1) is 0 Å². The lowest BCUT2D eigenvalue weighted by Crippen LogP contribution is -1.97. The van der Waals surface area contributed by atoms with Crippen LogP contribution in [0.2, 0.25) is 0 Å². The summed E-state index contributed by atoms with van der Waals surface area (Å²) in [6.45, 7) is 1.09. The van der Waals surface area contributed by atoms with Gasteiger partial charge < -0.3 is 14.9 Å². The minimum absolute atomic E-state index is 0.541. The third kappa shape index (κ3) is 1.62. The van der Waals surface area contributed by atoms with Crippen molar-refractivity contribution in [3.63, 3.8) is 0 Å². The van der Waals surface area contributed by atoms with Crippen LogP contribution in [0.15, 0.2) is 24.5 Å². The minimum Gasteiger partial charge on any atom is -0.378 e. The molecule has 0 aliphatic carbocycles. The van der Waals surface area contributed by atoms with E-state index in [9.17, 15) is 0 Å². The molecule has 0 saturated carbocycles. The maximum absolute atomic E-state index is 5.55. The molecule has 74 valence electrons. The minimum atomic E-state index is 0.541. The molecule has 2 rings (SSSR count). The quantitative estimate of drug-likeness (QED) is 0.785. The van der Waals surface area contributed by atoms with E-state index in [1.807, 2.05) is 28.9 Å². The topological polar surface area (TPSA) is 52.5 Å². The van der Waals surface area contributed by atoms with Crippen molar-refractivity contribution >= 4 is 5.65 Å². The number of hydrogen-bond acceptors (Lipinski definition) is 3. The molecule has 0 aromatic carbocycles. The van der Waals surface area contributed by atoms with Crippen LogP contribution in [0.4, 0.5) is 0 Å². The Balaban J connectivity index is 2.43. The lowest BCUT2D eigenvalue weighted by Gasteiger charge is -1.96. The van der Waals surface area contributed by atoms with E-state index < -0.39 is 0 Å². The van der Waals surface area contributed by atoms with Gasteiger partial charge in [-0.05, 0) is 11.6 Å². The average molecular weight is 191 g/mol. The summed E-state index contributed by atoms with van der Waals surface area (Å²) in [7, 11) is 1.66. The van der Waals surface area contributed by atoms with E-state index in [4.69, 9.17) is 10.5 Å². The molecule has 0 radical (unpaired) electrons. The highest BCUT2D eigenvalue weighted by Crippen LogP contribution is 2.08. The Morgan fingerprint density at radius 2 is 2.29 bits per heavy atom. The van der Waals surface area contributed by atoms with Crippen molar-refractivity contribution in [3.05, 3.63) is 35.8 Å². The molecular weight excluding hydrogens is 178 g/mol. The third-order valence-corrected chi connectivity index (χ3v) is 2.09. The molecule has 0 aliphatic heterocycles. The van der Waals surface area contributed by atoms with Gasteiger partial charge in [-0.1, -0.05) is 6.07 Å². The highest BCUT2D eigenvalue weighted by molar-refractivity contribution is 5.41. The SMILES string of the molecule is COCc1cn2cc(CN)ccc2n1. The van der Waals surface area contributed by atoms with Crippen LogP contribution in [0, 0.1) is 0 Å². The first-order valence-electron chi connectivity index (χ1n) is 4.49. The van der Waals surface area contributed by atoms with Crippen LogP contribution in [0.25, 0.3) is 5.65 Å². The first-order chi connectivity index (χ1) is 6.83. The number of ether oxygens (including phenoxy) is 1. The second-order valence-electron chi connectivity index (χ2n) is 3.17. The van der Waals surface area contributed by atoms with Crippen LogP contribution < -0.4 is 5.73 Å². The van der Waals surface area contributed by atoms with Gasteiger partial charge in [0, 0.05) is 26.0 Å². The van der Waals surface area contributed by atoms with Crippen LogP contribution in [0.3, 0.4) is 0 Å². The van der Waals surface area contributed by atoms with Gasteiger partial charge in [0.25, 0.3) is 0 Å². The van der Waals surface area contributed by atoms with Gasteiger partial charge in [-0.2, -0.15) is 0 Å². The predicted octanol–water partition coefficient (Wildman–Crippen LogP) is 0.939. The number of rotatable bonds is 3. The highest BCUT2D eigenvalue weighted by atomic mass is 16.5. The van der Waals surface area contributed by atoms with E-state index in [0.29, 0.717) is 13.2 Å². The van der Waals surface area contributed by atoms with Crippen molar-refractivity contribution in [3.8, 4) is 0 Å². The molecule has 0 unspecified atom stereocenters. The Morgan fingerprint density at radius 3 is 3.00 bits per heavy atom. The number of nitrogens with two attached hydrogens (primary N) is 1. The lowest BCUT2D eigenvalue weighted by atomic mass is 10.3. The molecular formula is C10H13N3O. The van der Waals surface area contributed by atoms with Crippen molar-refractivity contribution in [1.82, 2.24) is 9.38 Å². The van der Waals surface area contributed by atoms with Crippen molar-refractivity contribution < 1.29 is 4.74 Å². The van der Waals surface area contributed by atoms with Crippen molar-refractivity contribution in [2.75, 3.05) is 7.11 Å². The maximum Gasteiger partial charge on any atom is 0.137 e. The first-order valence-corrected chi connectivity index (χ1v) is 4.49. The fourth-order valence-electron chi connectivity index (χ4n) is 1.43. The van der Waals surface area contributed by atoms with Crippen molar-refractivity contribution in [2.24, 2.45) is 5.73 Å². The summed E-state index contributed by atoms with van der Waals surface area (Å²) in [5, 5.41) is 0. The van der Waals surface area contributed by atoms with Gasteiger partial charge >= 0.3 is 0 Å². The zero-order chi connectivity index (χ0) is 9.97. The van der Waals surface area contributed by atoms with Crippen LogP contribution in [0.5, 0.6) is 0 Å². The highest BCUT2D eigenvalue weighted by Gasteiger charge is 2.00. The number of fused-ring (bicyclic) bond motifs is 1. The average Bonchev–Trinajstić information content (AvgIpc) is 2.59. The molecule has 2 aromatic rings. The van der Waals surface area contributed by atoms with E-state index >= 15 is 0 Å². The Morgan fingerprint density at radius 1 is 1.43 bits per heavy atom. The van der Waals surface area contributed by atoms with E-state index in [-0.39, 0.29) is 0 Å². The number of aromatic nitrogens is 2. The number of nitrogens with zero attached hydrogens (tertiary/aromatic N) is 2. The summed E-state index contributed by atoms with van der Waals surface area (Å²) in [6, 6.07) is 3.94. The third-order valence-electron chi connectivity index (χ3n) is 2.09. The Labute approximate surface area is 82.3 Å². The Bertz CT molecular complexity index is 436. The van der Waals surface area contributed by atoms with Gasteiger partial charge in [-0.25, -0.2) is 4.98 Å². The van der Waals surface area contributed by atoms with Crippen molar-refractivity contribution in [2.45, 2.75) is 13.2 Å². The number of methoxy groups -OCH3 is 1. The summed E-state index contributed by atoms with van der Waals surface area (Å²) in [5.41, 5.74) is 8.50. The normalized spacial score (nSPS) is 11.0. The lowest BCUT2D eigenvalue weighted by molar-refractivity contribution is 0.182. The molecule has 4 heteroatoms. The van der Waals surface area contributed by atoms with E-state index in [0.717, 1.165) is 16.9 Å².